The summed E-state index contributed by atoms with van der Waals surface area (Å²) in [6.45, 7) is 5.76. The van der Waals surface area contributed by atoms with Crippen LogP contribution in [0, 0.1) is 5.92 Å². The number of aryl methyl sites for hydroxylation is 1. The maximum atomic E-state index is 13.0. The number of amides is 1. The van der Waals surface area contributed by atoms with E-state index in [0.29, 0.717) is 31.8 Å². The number of ether oxygens (including phenoxy) is 2. The Bertz CT molecular complexity index is 1090. The van der Waals surface area contributed by atoms with Gasteiger partial charge < -0.3 is 14.8 Å². The second kappa shape index (κ2) is 15.4. The lowest BCUT2D eigenvalue weighted by Crippen LogP contribution is -2.32. The van der Waals surface area contributed by atoms with Crippen LogP contribution in [0.25, 0.3) is 0 Å². The van der Waals surface area contributed by atoms with Crippen molar-refractivity contribution in [2.24, 2.45) is 11.0 Å². The van der Waals surface area contributed by atoms with E-state index in [-0.39, 0.29) is 17.8 Å². The lowest BCUT2D eigenvalue weighted by molar-refractivity contribution is -0.145. The van der Waals surface area contributed by atoms with Crippen molar-refractivity contribution >= 4 is 23.8 Å². The van der Waals surface area contributed by atoms with Crippen molar-refractivity contribution in [2.75, 3.05) is 38.2 Å². The van der Waals surface area contributed by atoms with Crippen molar-refractivity contribution in [1.82, 2.24) is 5.01 Å². The Kier molecular flexibility index (Phi) is 11.4. The third-order valence-corrected chi connectivity index (χ3v) is 7.54. The zero-order valence-electron chi connectivity index (χ0n) is 23.3. The van der Waals surface area contributed by atoms with Gasteiger partial charge in [-0.3, -0.25) is 14.6 Å². The zero-order valence-corrected chi connectivity index (χ0v) is 23.3. The molecule has 1 saturated heterocycles. The first-order valence-electron chi connectivity index (χ1n) is 14.7. The molecule has 1 atom stereocenters. The van der Waals surface area contributed by atoms with E-state index in [9.17, 15) is 9.59 Å². The van der Waals surface area contributed by atoms with E-state index in [2.05, 4.69) is 23.4 Å². The largest absolute Gasteiger partial charge is 0.466 e. The number of hydrogen-bond donors (Lipinski definition) is 1. The minimum absolute atomic E-state index is 0.0932. The van der Waals surface area contributed by atoms with Crippen molar-refractivity contribution in [1.29, 1.82) is 0 Å². The van der Waals surface area contributed by atoms with E-state index in [1.165, 1.54) is 31.2 Å². The molecule has 2 aromatic carbocycles. The van der Waals surface area contributed by atoms with Crippen LogP contribution in [0.4, 0.5) is 5.69 Å². The molecule has 0 radical (unpaired) electrons. The van der Waals surface area contributed by atoms with Gasteiger partial charge in [0.15, 0.2) is 0 Å². The standard InChI is InChI=1S/C32H43N3O4/c1-2-3-4-5-6-7-18-39-31(36)22-26-8-11-27-12-13-28(23-29(27)21-26)32(37)34-30-14-9-25(10-15-30)24-33-35-16-19-38-20-17-35/h9-10,12-15,23-24,26H,2-8,11,16-22H2,1H3,(H,34,37). The summed E-state index contributed by atoms with van der Waals surface area (Å²) in [7, 11) is 0. The van der Waals surface area contributed by atoms with Crippen LogP contribution in [0.5, 0.6) is 0 Å². The SMILES string of the molecule is CCCCCCCCOC(=O)CC1CCc2ccc(C(=O)Nc3ccc(C=NN4CCOCC4)cc3)cc2C1. The van der Waals surface area contributed by atoms with Crippen molar-refractivity contribution in [3.63, 3.8) is 0 Å². The molecule has 1 N–H and O–H groups in total. The van der Waals surface area contributed by atoms with Gasteiger partial charge in [-0.15, -0.1) is 0 Å². The first-order chi connectivity index (χ1) is 19.1. The van der Waals surface area contributed by atoms with E-state index in [1.807, 2.05) is 47.6 Å². The van der Waals surface area contributed by atoms with Gasteiger partial charge in [0.25, 0.3) is 5.91 Å². The van der Waals surface area contributed by atoms with Crippen LogP contribution in [-0.2, 0) is 27.1 Å². The number of carbonyl (C=O) groups excluding carboxylic acids is 2. The molecule has 1 fully saturated rings. The number of hydrazone groups is 1. The van der Waals surface area contributed by atoms with Gasteiger partial charge in [0, 0.05) is 17.7 Å². The number of anilines is 1. The maximum Gasteiger partial charge on any atom is 0.306 e. The van der Waals surface area contributed by atoms with Crippen LogP contribution in [0.1, 0.15) is 85.3 Å². The first-order valence-corrected chi connectivity index (χ1v) is 14.7. The third-order valence-electron chi connectivity index (χ3n) is 7.54. The van der Waals surface area contributed by atoms with Gasteiger partial charge in [-0.2, -0.15) is 5.10 Å². The minimum Gasteiger partial charge on any atom is -0.466 e. The Hall–Kier alpha value is -3.19. The highest BCUT2D eigenvalue weighted by atomic mass is 16.5. The van der Waals surface area contributed by atoms with Crippen LogP contribution >= 0.6 is 0 Å². The van der Waals surface area contributed by atoms with Crippen molar-refractivity contribution in [2.45, 2.75) is 71.1 Å². The van der Waals surface area contributed by atoms with Gasteiger partial charge in [0.1, 0.15) is 0 Å². The molecule has 1 aliphatic carbocycles. The highest BCUT2D eigenvalue weighted by Gasteiger charge is 2.23. The Labute approximate surface area is 233 Å². The van der Waals surface area contributed by atoms with E-state index in [0.717, 1.165) is 62.0 Å². The van der Waals surface area contributed by atoms with E-state index >= 15 is 0 Å². The van der Waals surface area contributed by atoms with Gasteiger partial charge in [-0.25, -0.2) is 0 Å². The monoisotopic (exact) mass is 533 g/mol. The Balaban J connectivity index is 1.23. The number of hydrogen-bond acceptors (Lipinski definition) is 6. The number of unbranched alkanes of at least 4 members (excludes halogenated alkanes) is 5. The summed E-state index contributed by atoms with van der Waals surface area (Å²) in [4.78, 5) is 25.4. The summed E-state index contributed by atoms with van der Waals surface area (Å²) in [5.74, 6) is 0.0388. The average Bonchev–Trinajstić information content (AvgIpc) is 2.96. The fourth-order valence-electron chi connectivity index (χ4n) is 5.18. The van der Waals surface area contributed by atoms with Crippen LogP contribution in [0.2, 0.25) is 0 Å². The number of carbonyl (C=O) groups is 2. The molecule has 1 amide bonds. The van der Waals surface area contributed by atoms with Gasteiger partial charge in [0.2, 0.25) is 0 Å². The Morgan fingerprint density at radius 1 is 1.03 bits per heavy atom. The summed E-state index contributed by atoms with van der Waals surface area (Å²) in [5, 5.41) is 9.50. The smallest absolute Gasteiger partial charge is 0.306 e. The van der Waals surface area contributed by atoms with Crippen LogP contribution < -0.4 is 5.32 Å². The highest BCUT2D eigenvalue weighted by molar-refractivity contribution is 6.04. The molecule has 0 bridgehead atoms. The molecular formula is C32H43N3O4. The topological polar surface area (TPSA) is 80.2 Å². The number of esters is 1. The number of nitrogens with zero attached hydrogens (tertiary/aromatic N) is 2. The quantitative estimate of drug-likeness (QED) is 0.194. The van der Waals surface area contributed by atoms with E-state index in [4.69, 9.17) is 9.47 Å². The molecule has 1 heterocycles. The van der Waals surface area contributed by atoms with Crippen molar-refractivity contribution in [3.05, 3.63) is 64.7 Å². The number of benzene rings is 2. The van der Waals surface area contributed by atoms with Crippen LogP contribution in [-0.4, -0.2) is 56.0 Å². The third kappa shape index (κ3) is 9.50. The maximum absolute atomic E-state index is 13.0. The minimum atomic E-state index is -0.131. The number of nitrogens with one attached hydrogen (secondary N) is 1. The predicted molar refractivity (Wildman–Crippen MR) is 155 cm³/mol. The normalized spacial score (nSPS) is 17.2. The van der Waals surface area contributed by atoms with Crippen LogP contribution in [0.3, 0.4) is 0 Å². The summed E-state index contributed by atoms with van der Waals surface area (Å²) in [5.41, 5.74) is 4.79. The number of fused-ring (bicyclic) bond motifs is 1. The van der Waals surface area contributed by atoms with Gasteiger partial charge in [0.05, 0.1) is 39.1 Å². The molecule has 1 aliphatic heterocycles. The fourth-order valence-corrected chi connectivity index (χ4v) is 5.18. The molecule has 39 heavy (non-hydrogen) atoms. The summed E-state index contributed by atoms with van der Waals surface area (Å²) in [6.07, 6.45) is 12.1. The van der Waals surface area contributed by atoms with E-state index < -0.39 is 0 Å². The lowest BCUT2D eigenvalue weighted by atomic mass is 9.81. The predicted octanol–water partition coefficient (Wildman–Crippen LogP) is 6.00. The van der Waals surface area contributed by atoms with Gasteiger partial charge in [-0.1, -0.05) is 57.2 Å². The molecule has 0 aromatic heterocycles. The van der Waals surface area contributed by atoms with Crippen LogP contribution in [0.15, 0.2) is 47.6 Å². The second-order valence-electron chi connectivity index (χ2n) is 10.7. The number of rotatable bonds is 13. The molecular weight excluding hydrogens is 490 g/mol. The number of morpholine rings is 1. The van der Waals surface area contributed by atoms with Crippen molar-refractivity contribution < 1.29 is 19.1 Å². The zero-order chi connectivity index (χ0) is 27.3. The Morgan fingerprint density at radius 3 is 2.59 bits per heavy atom. The van der Waals surface area contributed by atoms with Gasteiger partial charge >= 0.3 is 5.97 Å². The molecule has 0 saturated carbocycles. The first kappa shape index (κ1) is 28.8. The summed E-state index contributed by atoms with van der Waals surface area (Å²) in [6, 6.07) is 13.6. The molecule has 0 spiro atoms. The lowest BCUT2D eigenvalue weighted by Gasteiger charge is -2.24. The molecule has 210 valence electrons. The second-order valence-corrected chi connectivity index (χ2v) is 10.7. The van der Waals surface area contributed by atoms with E-state index in [1.54, 1.807) is 0 Å². The molecule has 4 rings (SSSR count). The molecule has 2 aromatic rings. The van der Waals surface area contributed by atoms with Crippen molar-refractivity contribution in [3.8, 4) is 0 Å². The Morgan fingerprint density at radius 2 is 1.79 bits per heavy atom. The summed E-state index contributed by atoms with van der Waals surface area (Å²) < 4.78 is 10.8. The molecule has 7 heteroatoms. The highest BCUT2D eigenvalue weighted by Crippen LogP contribution is 2.29. The summed E-state index contributed by atoms with van der Waals surface area (Å²) >= 11 is 0. The average molecular weight is 534 g/mol. The van der Waals surface area contributed by atoms with Gasteiger partial charge in [-0.05, 0) is 72.6 Å². The molecule has 1 unspecified atom stereocenters. The molecule has 7 nitrogen and oxygen atoms in total. The molecule has 2 aliphatic rings. The fraction of sp³-hybridized carbons (Fsp3) is 0.531.